The van der Waals surface area contributed by atoms with Gasteiger partial charge in [-0.05, 0) is 42.0 Å². The standard InChI is InChI=1S/C22H26FN3O3S/c23-19-5-7-20(8-6-19)25-21(27)16-30-15-17-1-3-18(4-2-17)22(28)24-9-10-26-11-13-29-14-12-26/h1-8H,9-16H2,(H,24,28)(H,25,27). The molecule has 1 aliphatic rings. The first-order valence-electron chi connectivity index (χ1n) is 9.90. The third kappa shape index (κ3) is 7.44. The molecular formula is C22H26FN3O3S. The molecule has 0 saturated carbocycles. The molecule has 2 aromatic rings. The highest BCUT2D eigenvalue weighted by atomic mass is 32.2. The van der Waals surface area contributed by atoms with Crippen LogP contribution >= 0.6 is 11.8 Å². The monoisotopic (exact) mass is 431 g/mol. The van der Waals surface area contributed by atoms with E-state index >= 15 is 0 Å². The predicted octanol–water partition coefficient (Wildman–Crippen LogP) is 2.76. The molecule has 0 bridgehead atoms. The molecule has 6 nitrogen and oxygen atoms in total. The normalized spacial score (nSPS) is 14.3. The van der Waals surface area contributed by atoms with Crippen LogP contribution in [0.1, 0.15) is 15.9 Å². The molecule has 1 aliphatic heterocycles. The first-order chi connectivity index (χ1) is 14.6. The van der Waals surface area contributed by atoms with Gasteiger partial charge in [-0.2, -0.15) is 0 Å². The Morgan fingerprint density at radius 1 is 1.03 bits per heavy atom. The van der Waals surface area contributed by atoms with Gasteiger partial charge in [0.25, 0.3) is 5.91 Å². The molecule has 2 aromatic carbocycles. The third-order valence-corrected chi connectivity index (χ3v) is 5.67. The van der Waals surface area contributed by atoms with Crippen LogP contribution in [0.2, 0.25) is 0 Å². The second-order valence-corrected chi connectivity index (χ2v) is 7.94. The van der Waals surface area contributed by atoms with Crippen LogP contribution in [0, 0.1) is 5.82 Å². The Balaban J connectivity index is 1.34. The van der Waals surface area contributed by atoms with Gasteiger partial charge in [0.15, 0.2) is 0 Å². The van der Waals surface area contributed by atoms with Gasteiger partial charge in [-0.3, -0.25) is 14.5 Å². The van der Waals surface area contributed by atoms with Gasteiger partial charge in [-0.1, -0.05) is 12.1 Å². The number of halogens is 1. The number of ether oxygens (including phenoxy) is 1. The van der Waals surface area contributed by atoms with Gasteiger partial charge in [0, 0.05) is 43.2 Å². The topological polar surface area (TPSA) is 70.7 Å². The van der Waals surface area contributed by atoms with Crippen LogP contribution < -0.4 is 10.6 Å². The van der Waals surface area contributed by atoms with Gasteiger partial charge in [-0.15, -0.1) is 11.8 Å². The largest absolute Gasteiger partial charge is 0.379 e. The zero-order valence-corrected chi connectivity index (χ0v) is 17.6. The van der Waals surface area contributed by atoms with E-state index in [1.54, 1.807) is 12.1 Å². The maximum Gasteiger partial charge on any atom is 0.251 e. The molecule has 0 atom stereocenters. The van der Waals surface area contributed by atoms with Crippen molar-refractivity contribution in [3.63, 3.8) is 0 Å². The van der Waals surface area contributed by atoms with E-state index in [1.807, 2.05) is 12.1 Å². The summed E-state index contributed by atoms with van der Waals surface area (Å²) in [4.78, 5) is 26.5. The van der Waals surface area contributed by atoms with Gasteiger partial charge >= 0.3 is 0 Å². The van der Waals surface area contributed by atoms with Crippen molar-refractivity contribution in [2.75, 3.05) is 50.5 Å². The van der Waals surface area contributed by atoms with Crippen molar-refractivity contribution in [2.45, 2.75) is 5.75 Å². The molecule has 0 radical (unpaired) electrons. The van der Waals surface area contributed by atoms with Crippen LogP contribution in [0.5, 0.6) is 0 Å². The first kappa shape index (κ1) is 22.3. The fourth-order valence-electron chi connectivity index (χ4n) is 3.00. The molecule has 0 unspecified atom stereocenters. The Morgan fingerprint density at radius 2 is 1.73 bits per heavy atom. The number of carbonyl (C=O) groups is 2. The number of nitrogens with one attached hydrogen (secondary N) is 2. The van der Waals surface area contributed by atoms with Gasteiger partial charge in [0.2, 0.25) is 5.91 Å². The number of thioether (sulfide) groups is 1. The van der Waals surface area contributed by atoms with Crippen molar-refractivity contribution in [3.05, 3.63) is 65.5 Å². The lowest BCUT2D eigenvalue weighted by Crippen LogP contribution is -2.41. The quantitative estimate of drug-likeness (QED) is 0.639. The van der Waals surface area contributed by atoms with Crippen molar-refractivity contribution in [2.24, 2.45) is 0 Å². The molecule has 2 N–H and O–H groups in total. The molecule has 2 amide bonds. The summed E-state index contributed by atoms with van der Waals surface area (Å²) in [6, 6.07) is 13.1. The molecule has 30 heavy (non-hydrogen) atoms. The number of rotatable bonds is 9. The summed E-state index contributed by atoms with van der Waals surface area (Å²) in [7, 11) is 0. The first-order valence-corrected chi connectivity index (χ1v) is 11.1. The minimum absolute atomic E-state index is 0.0823. The van der Waals surface area contributed by atoms with E-state index in [-0.39, 0.29) is 17.6 Å². The summed E-state index contributed by atoms with van der Waals surface area (Å²) >= 11 is 1.48. The Hall–Kier alpha value is -2.42. The van der Waals surface area contributed by atoms with Crippen LogP contribution in [0.4, 0.5) is 10.1 Å². The minimum Gasteiger partial charge on any atom is -0.379 e. The third-order valence-electron chi connectivity index (χ3n) is 4.66. The fraction of sp³-hybridized carbons (Fsp3) is 0.364. The van der Waals surface area contributed by atoms with Crippen LogP contribution in [0.3, 0.4) is 0 Å². The lowest BCUT2D eigenvalue weighted by Gasteiger charge is -2.26. The van der Waals surface area contributed by atoms with E-state index in [4.69, 9.17) is 4.74 Å². The summed E-state index contributed by atoms with van der Waals surface area (Å²) in [5.74, 6) is 0.400. The molecule has 160 valence electrons. The average Bonchev–Trinajstić information content (AvgIpc) is 2.76. The van der Waals surface area contributed by atoms with Gasteiger partial charge in [-0.25, -0.2) is 4.39 Å². The number of anilines is 1. The summed E-state index contributed by atoms with van der Waals surface area (Å²) in [5, 5.41) is 5.68. The second-order valence-electron chi connectivity index (χ2n) is 6.95. The summed E-state index contributed by atoms with van der Waals surface area (Å²) in [6.07, 6.45) is 0. The number of morpholine rings is 1. The SMILES string of the molecule is O=C(CSCc1ccc(C(=O)NCCN2CCOCC2)cc1)Nc1ccc(F)cc1. The van der Waals surface area contributed by atoms with E-state index in [2.05, 4.69) is 15.5 Å². The molecule has 0 aliphatic carbocycles. The zero-order chi connectivity index (χ0) is 21.2. The molecule has 0 aromatic heterocycles. The van der Waals surface area contributed by atoms with Crippen LogP contribution in [0.15, 0.2) is 48.5 Å². The number of benzene rings is 2. The summed E-state index contributed by atoms with van der Waals surface area (Å²) in [6.45, 7) is 4.75. The van der Waals surface area contributed by atoms with Crippen molar-refractivity contribution >= 4 is 29.3 Å². The van der Waals surface area contributed by atoms with Gasteiger partial charge in [0.1, 0.15) is 5.82 Å². The molecule has 1 saturated heterocycles. The molecule has 1 fully saturated rings. The lowest BCUT2D eigenvalue weighted by molar-refractivity contribution is -0.113. The number of hydrogen-bond acceptors (Lipinski definition) is 5. The van der Waals surface area contributed by atoms with Crippen LogP contribution in [0.25, 0.3) is 0 Å². The lowest BCUT2D eigenvalue weighted by atomic mass is 10.1. The average molecular weight is 432 g/mol. The smallest absolute Gasteiger partial charge is 0.251 e. The van der Waals surface area contributed by atoms with E-state index < -0.39 is 0 Å². The highest BCUT2D eigenvalue weighted by Gasteiger charge is 2.11. The molecule has 1 heterocycles. The Morgan fingerprint density at radius 3 is 2.43 bits per heavy atom. The van der Waals surface area contributed by atoms with E-state index in [0.29, 0.717) is 29.3 Å². The van der Waals surface area contributed by atoms with Gasteiger partial charge < -0.3 is 15.4 Å². The highest BCUT2D eigenvalue weighted by Crippen LogP contribution is 2.15. The van der Waals surface area contributed by atoms with Gasteiger partial charge in [0.05, 0.1) is 19.0 Å². The number of hydrogen-bond donors (Lipinski definition) is 2. The molecule has 0 spiro atoms. The minimum atomic E-state index is -0.336. The van der Waals surface area contributed by atoms with Crippen molar-refractivity contribution in [1.82, 2.24) is 10.2 Å². The molecule has 3 rings (SSSR count). The Kier molecular flexibility index (Phi) is 8.67. The van der Waals surface area contributed by atoms with Crippen molar-refractivity contribution < 1.29 is 18.7 Å². The maximum absolute atomic E-state index is 12.9. The molecular weight excluding hydrogens is 405 g/mol. The maximum atomic E-state index is 12.9. The number of nitrogens with zero attached hydrogens (tertiary/aromatic N) is 1. The van der Waals surface area contributed by atoms with E-state index in [1.165, 1.54) is 36.0 Å². The summed E-state index contributed by atoms with van der Waals surface area (Å²) in [5.41, 5.74) is 2.24. The highest BCUT2D eigenvalue weighted by molar-refractivity contribution is 7.99. The Labute approximate surface area is 180 Å². The zero-order valence-electron chi connectivity index (χ0n) is 16.7. The Bertz CT molecular complexity index is 825. The van der Waals surface area contributed by atoms with Crippen LogP contribution in [-0.2, 0) is 15.3 Å². The second kappa shape index (κ2) is 11.7. The fourth-order valence-corrected chi connectivity index (χ4v) is 3.79. The van der Waals surface area contributed by atoms with Crippen LogP contribution in [-0.4, -0.2) is 61.9 Å². The summed E-state index contributed by atoms with van der Waals surface area (Å²) < 4.78 is 18.2. The number of amides is 2. The van der Waals surface area contributed by atoms with E-state index in [9.17, 15) is 14.0 Å². The van der Waals surface area contributed by atoms with Crippen molar-refractivity contribution in [1.29, 1.82) is 0 Å². The van der Waals surface area contributed by atoms with E-state index in [0.717, 1.165) is 38.4 Å². The van der Waals surface area contributed by atoms with Crippen molar-refractivity contribution in [3.8, 4) is 0 Å². The number of carbonyl (C=O) groups excluding carboxylic acids is 2. The molecule has 8 heteroatoms. The predicted molar refractivity (Wildman–Crippen MR) is 117 cm³/mol.